The van der Waals surface area contributed by atoms with Crippen molar-refractivity contribution < 1.29 is 5.11 Å². The highest BCUT2D eigenvalue weighted by Crippen LogP contribution is 2.31. The zero-order valence-electron chi connectivity index (χ0n) is 10.7. The van der Waals surface area contributed by atoms with Gasteiger partial charge in [0, 0.05) is 31.7 Å². The van der Waals surface area contributed by atoms with Crippen molar-refractivity contribution in [3.8, 4) is 0 Å². The van der Waals surface area contributed by atoms with Crippen LogP contribution in [0, 0.1) is 0 Å². The van der Waals surface area contributed by atoms with Crippen molar-refractivity contribution in [1.29, 1.82) is 0 Å². The van der Waals surface area contributed by atoms with Crippen LogP contribution in [0.3, 0.4) is 0 Å². The molecule has 0 aromatic heterocycles. The zero-order chi connectivity index (χ0) is 12.3. The average Bonchev–Trinajstić information content (AvgIpc) is 2.39. The Morgan fingerprint density at radius 2 is 2.00 bits per heavy atom. The molecule has 1 atom stereocenters. The van der Waals surface area contributed by atoms with Crippen LogP contribution in [0.15, 0.2) is 24.3 Å². The fourth-order valence-electron chi connectivity index (χ4n) is 2.55. The Kier molecular flexibility index (Phi) is 3.69. The van der Waals surface area contributed by atoms with E-state index in [9.17, 15) is 5.11 Å². The monoisotopic (exact) mass is 234 g/mol. The number of anilines is 1. The van der Waals surface area contributed by atoms with E-state index >= 15 is 0 Å². The smallest absolute Gasteiger partial charge is 0.0540 e. The molecule has 3 heteroatoms. The van der Waals surface area contributed by atoms with Gasteiger partial charge in [-0.25, -0.2) is 0 Å². The third kappa shape index (κ3) is 2.45. The summed E-state index contributed by atoms with van der Waals surface area (Å²) in [6, 6.07) is 8.56. The lowest BCUT2D eigenvalue weighted by Gasteiger charge is -2.36. The lowest BCUT2D eigenvalue weighted by Crippen LogP contribution is -2.45. The lowest BCUT2D eigenvalue weighted by atomic mass is 9.75. The molecule has 2 N–H and O–H groups in total. The molecule has 0 spiro atoms. The van der Waals surface area contributed by atoms with Crippen LogP contribution in [-0.4, -0.2) is 38.9 Å². The largest absolute Gasteiger partial charge is 0.395 e. The van der Waals surface area contributed by atoms with Gasteiger partial charge in [0.15, 0.2) is 0 Å². The van der Waals surface area contributed by atoms with Crippen LogP contribution in [0.1, 0.15) is 18.4 Å². The fourth-order valence-corrected chi connectivity index (χ4v) is 2.55. The van der Waals surface area contributed by atoms with Crippen LogP contribution >= 0.6 is 0 Å². The number of hydrogen-bond donors (Lipinski definition) is 2. The van der Waals surface area contributed by atoms with Crippen LogP contribution in [0.5, 0.6) is 0 Å². The maximum atomic E-state index is 9.72. The molecule has 0 bridgehead atoms. The molecule has 0 radical (unpaired) electrons. The summed E-state index contributed by atoms with van der Waals surface area (Å²) in [6.45, 7) is 2.17. The van der Waals surface area contributed by atoms with E-state index < -0.39 is 0 Å². The molecule has 1 aromatic carbocycles. The highest BCUT2D eigenvalue weighted by Gasteiger charge is 2.33. The maximum absolute atomic E-state index is 9.72. The Balaban J connectivity index is 2.24. The van der Waals surface area contributed by atoms with Crippen molar-refractivity contribution in [3.63, 3.8) is 0 Å². The van der Waals surface area contributed by atoms with E-state index in [1.165, 1.54) is 11.3 Å². The number of piperidine rings is 1. The summed E-state index contributed by atoms with van der Waals surface area (Å²) in [5.41, 5.74) is 2.37. The van der Waals surface area contributed by atoms with Crippen LogP contribution in [0.2, 0.25) is 0 Å². The molecule has 0 saturated carbocycles. The predicted octanol–water partition coefficient (Wildman–Crippen LogP) is 1.37. The first-order valence-corrected chi connectivity index (χ1v) is 6.27. The average molecular weight is 234 g/mol. The van der Waals surface area contributed by atoms with Gasteiger partial charge in [-0.3, -0.25) is 0 Å². The molecule has 1 heterocycles. The van der Waals surface area contributed by atoms with E-state index in [0.29, 0.717) is 0 Å². The van der Waals surface area contributed by atoms with E-state index in [1.807, 2.05) is 14.1 Å². The highest BCUT2D eigenvalue weighted by atomic mass is 16.3. The first-order valence-electron chi connectivity index (χ1n) is 6.27. The Labute approximate surface area is 103 Å². The summed E-state index contributed by atoms with van der Waals surface area (Å²) in [4.78, 5) is 2.09. The van der Waals surface area contributed by atoms with Gasteiger partial charge in [0.25, 0.3) is 0 Å². The summed E-state index contributed by atoms with van der Waals surface area (Å²) in [5.74, 6) is 0. The minimum atomic E-state index is -0.0803. The molecule has 2 rings (SSSR count). The van der Waals surface area contributed by atoms with Crippen molar-refractivity contribution in [1.82, 2.24) is 5.32 Å². The van der Waals surface area contributed by atoms with Gasteiger partial charge in [0.05, 0.1) is 6.61 Å². The Bertz CT molecular complexity index is 353. The number of aliphatic hydroxyl groups excluding tert-OH is 1. The normalized spacial score (nSPS) is 24.6. The summed E-state index contributed by atoms with van der Waals surface area (Å²) in [6.07, 6.45) is 2.20. The molecule has 1 saturated heterocycles. The number of hydrogen-bond acceptors (Lipinski definition) is 3. The quantitative estimate of drug-likeness (QED) is 0.829. The van der Waals surface area contributed by atoms with Crippen LogP contribution in [-0.2, 0) is 5.41 Å². The number of nitrogens with zero attached hydrogens (tertiary/aromatic N) is 1. The van der Waals surface area contributed by atoms with E-state index in [1.54, 1.807) is 0 Å². The van der Waals surface area contributed by atoms with Crippen LogP contribution in [0.4, 0.5) is 5.69 Å². The minimum absolute atomic E-state index is 0.0803. The van der Waals surface area contributed by atoms with Gasteiger partial charge in [-0.15, -0.1) is 0 Å². The Morgan fingerprint density at radius 3 is 2.47 bits per heavy atom. The van der Waals surface area contributed by atoms with Crippen molar-refractivity contribution >= 4 is 5.69 Å². The first kappa shape index (κ1) is 12.4. The number of aliphatic hydroxyl groups is 1. The van der Waals surface area contributed by atoms with E-state index in [0.717, 1.165) is 25.9 Å². The van der Waals surface area contributed by atoms with Gasteiger partial charge in [0.2, 0.25) is 0 Å². The van der Waals surface area contributed by atoms with Crippen LogP contribution < -0.4 is 10.2 Å². The van der Waals surface area contributed by atoms with Crippen molar-refractivity contribution in [3.05, 3.63) is 29.8 Å². The minimum Gasteiger partial charge on any atom is -0.395 e. The molecule has 0 aliphatic carbocycles. The molecule has 1 aliphatic heterocycles. The maximum Gasteiger partial charge on any atom is 0.0540 e. The molecule has 0 amide bonds. The molecule has 3 nitrogen and oxygen atoms in total. The molecular weight excluding hydrogens is 212 g/mol. The van der Waals surface area contributed by atoms with E-state index in [-0.39, 0.29) is 12.0 Å². The Morgan fingerprint density at radius 1 is 1.29 bits per heavy atom. The van der Waals surface area contributed by atoms with Gasteiger partial charge in [-0.1, -0.05) is 12.1 Å². The van der Waals surface area contributed by atoms with E-state index in [4.69, 9.17) is 0 Å². The topological polar surface area (TPSA) is 35.5 Å². The summed E-state index contributed by atoms with van der Waals surface area (Å²) in [5, 5.41) is 13.1. The van der Waals surface area contributed by atoms with Gasteiger partial charge < -0.3 is 15.3 Å². The van der Waals surface area contributed by atoms with Crippen molar-refractivity contribution in [2.24, 2.45) is 0 Å². The van der Waals surface area contributed by atoms with Gasteiger partial charge in [0.1, 0.15) is 0 Å². The van der Waals surface area contributed by atoms with E-state index in [2.05, 4.69) is 34.5 Å². The number of nitrogens with one attached hydrogen (secondary N) is 1. The number of benzene rings is 1. The molecule has 1 unspecified atom stereocenters. The predicted molar refractivity (Wildman–Crippen MR) is 71.6 cm³/mol. The second kappa shape index (κ2) is 5.07. The van der Waals surface area contributed by atoms with Gasteiger partial charge >= 0.3 is 0 Å². The second-order valence-corrected chi connectivity index (χ2v) is 5.16. The second-order valence-electron chi connectivity index (χ2n) is 5.16. The van der Waals surface area contributed by atoms with Gasteiger partial charge in [-0.05, 0) is 37.1 Å². The third-order valence-corrected chi connectivity index (χ3v) is 3.77. The molecule has 1 aromatic rings. The Hall–Kier alpha value is -1.06. The molecule has 94 valence electrons. The zero-order valence-corrected chi connectivity index (χ0v) is 10.7. The molecule has 1 aliphatic rings. The van der Waals surface area contributed by atoms with Crippen molar-refractivity contribution in [2.75, 3.05) is 38.7 Å². The van der Waals surface area contributed by atoms with Crippen molar-refractivity contribution in [2.45, 2.75) is 18.3 Å². The van der Waals surface area contributed by atoms with Crippen LogP contribution in [0.25, 0.3) is 0 Å². The third-order valence-electron chi connectivity index (χ3n) is 3.77. The molecular formula is C14H22N2O. The number of rotatable bonds is 3. The molecule has 17 heavy (non-hydrogen) atoms. The lowest BCUT2D eigenvalue weighted by molar-refractivity contribution is 0.162. The first-order chi connectivity index (χ1) is 8.18. The molecule has 1 fully saturated rings. The summed E-state index contributed by atoms with van der Waals surface area (Å²) in [7, 11) is 4.08. The SMILES string of the molecule is CN(C)c1ccc(C2(CO)CCCNC2)cc1. The fraction of sp³-hybridized carbons (Fsp3) is 0.571. The standard InChI is InChI=1S/C14H22N2O/c1-16(2)13-6-4-12(5-7-13)14(11-17)8-3-9-15-10-14/h4-7,15,17H,3,8-11H2,1-2H3. The summed E-state index contributed by atoms with van der Waals surface area (Å²) < 4.78 is 0. The van der Waals surface area contributed by atoms with Gasteiger partial charge in [-0.2, -0.15) is 0 Å². The summed E-state index contributed by atoms with van der Waals surface area (Å²) >= 11 is 0. The highest BCUT2D eigenvalue weighted by molar-refractivity contribution is 5.47.